The highest BCUT2D eigenvalue weighted by atomic mass is 16.5. The molecule has 1 aliphatic rings. The van der Waals surface area contributed by atoms with Crippen LogP contribution in [0.4, 0.5) is 5.82 Å². The van der Waals surface area contributed by atoms with Crippen LogP contribution in [-0.2, 0) is 11.3 Å². The lowest BCUT2D eigenvalue weighted by atomic mass is 10.1. The number of hydrogen-bond donors (Lipinski definition) is 1. The fraction of sp³-hybridized carbons (Fsp3) is 0.476. The molecule has 2 aromatic heterocycles. The van der Waals surface area contributed by atoms with Gasteiger partial charge < -0.3 is 19.7 Å². The van der Waals surface area contributed by atoms with Crippen molar-refractivity contribution in [1.82, 2.24) is 15.3 Å². The number of hydrogen-bond acceptors (Lipinski definition) is 6. The van der Waals surface area contributed by atoms with Gasteiger partial charge in [0.25, 0.3) is 5.91 Å². The lowest BCUT2D eigenvalue weighted by Crippen LogP contribution is -2.26. The van der Waals surface area contributed by atoms with Crippen molar-refractivity contribution in [3.05, 3.63) is 47.8 Å². The highest BCUT2D eigenvalue weighted by molar-refractivity contribution is 5.93. The third-order valence-corrected chi connectivity index (χ3v) is 4.80. The van der Waals surface area contributed by atoms with Gasteiger partial charge in [-0.15, -0.1) is 0 Å². The van der Waals surface area contributed by atoms with Gasteiger partial charge in [0.15, 0.2) is 0 Å². The molecule has 2 aromatic rings. The first kappa shape index (κ1) is 20.1. The molecule has 0 atom stereocenters. The van der Waals surface area contributed by atoms with Gasteiger partial charge in [-0.1, -0.05) is 6.07 Å². The van der Waals surface area contributed by atoms with E-state index in [1.807, 2.05) is 12.1 Å². The van der Waals surface area contributed by atoms with E-state index >= 15 is 0 Å². The fourth-order valence-corrected chi connectivity index (χ4v) is 3.09. The maximum atomic E-state index is 12.4. The molecule has 0 saturated carbocycles. The lowest BCUT2D eigenvalue weighted by Gasteiger charge is -2.22. The number of nitrogens with zero attached hydrogens (tertiary/aromatic N) is 3. The van der Waals surface area contributed by atoms with Crippen molar-refractivity contribution in [2.45, 2.75) is 39.3 Å². The van der Waals surface area contributed by atoms with Crippen molar-refractivity contribution in [3.8, 4) is 5.88 Å². The molecule has 1 saturated heterocycles. The van der Waals surface area contributed by atoms with Crippen LogP contribution < -0.4 is 15.0 Å². The minimum atomic E-state index is -0.169. The van der Waals surface area contributed by atoms with E-state index in [0.29, 0.717) is 18.0 Å². The van der Waals surface area contributed by atoms with Crippen LogP contribution in [0.5, 0.6) is 5.88 Å². The maximum Gasteiger partial charge on any atom is 0.253 e. The molecule has 0 aliphatic carbocycles. The van der Waals surface area contributed by atoms with Gasteiger partial charge in [0, 0.05) is 50.9 Å². The van der Waals surface area contributed by atoms with Crippen LogP contribution >= 0.6 is 0 Å². The summed E-state index contributed by atoms with van der Waals surface area (Å²) in [5, 5.41) is 2.90. The summed E-state index contributed by atoms with van der Waals surface area (Å²) in [4.78, 5) is 23.3. The van der Waals surface area contributed by atoms with Crippen molar-refractivity contribution < 1.29 is 14.3 Å². The Labute approximate surface area is 166 Å². The zero-order chi connectivity index (χ0) is 19.8. The molecule has 7 nitrogen and oxygen atoms in total. The molecule has 28 heavy (non-hydrogen) atoms. The summed E-state index contributed by atoms with van der Waals surface area (Å²) in [6.45, 7) is 7.90. The monoisotopic (exact) mass is 384 g/mol. The van der Waals surface area contributed by atoms with Crippen molar-refractivity contribution in [2.24, 2.45) is 0 Å². The number of anilines is 1. The molecule has 0 radical (unpaired) electrons. The Balaban J connectivity index is 1.50. The van der Waals surface area contributed by atoms with E-state index in [9.17, 15) is 4.79 Å². The number of nitrogens with one attached hydrogen (secondary N) is 1. The van der Waals surface area contributed by atoms with Crippen molar-refractivity contribution in [3.63, 3.8) is 0 Å². The SMILES string of the molecule is CCN(CC)c1ccc(CNC(=O)c2ccc(OC3CCOCC3)nc2)cn1. The summed E-state index contributed by atoms with van der Waals surface area (Å²) in [6, 6.07) is 7.45. The van der Waals surface area contributed by atoms with Gasteiger partial charge in [-0.25, -0.2) is 9.97 Å². The molecular weight excluding hydrogens is 356 g/mol. The molecule has 3 rings (SSSR count). The Hall–Kier alpha value is -2.67. The molecule has 1 amide bonds. The number of pyridine rings is 2. The summed E-state index contributed by atoms with van der Waals surface area (Å²) in [6.07, 6.45) is 5.21. The lowest BCUT2D eigenvalue weighted by molar-refractivity contribution is 0.0237. The summed E-state index contributed by atoms with van der Waals surface area (Å²) >= 11 is 0. The second kappa shape index (κ2) is 10.0. The van der Waals surface area contributed by atoms with Crippen molar-refractivity contribution >= 4 is 11.7 Å². The zero-order valence-corrected chi connectivity index (χ0v) is 16.6. The summed E-state index contributed by atoms with van der Waals surface area (Å²) in [5.41, 5.74) is 1.46. The van der Waals surface area contributed by atoms with Crippen LogP contribution in [0.1, 0.15) is 42.6 Å². The van der Waals surface area contributed by atoms with E-state index in [2.05, 4.69) is 34.0 Å². The highest BCUT2D eigenvalue weighted by Gasteiger charge is 2.16. The van der Waals surface area contributed by atoms with E-state index < -0.39 is 0 Å². The van der Waals surface area contributed by atoms with E-state index in [4.69, 9.17) is 9.47 Å². The summed E-state index contributed by atoms with van der Waals surface area (Å²) < 4.78 is 11.2. The number of carbonyl (C=O) groups excluding carboxylic acids is 1. The predicted molar refractivity (Wildman–Crippen MR) is 108 cm³/mol. The van der Waals surface area contributed by atoms with Crippen LogP contribution in [-0.4, -0.2) is 48.3 Å². The summed E-state index contributed by atoms with van der Waals surface area (Å²) in [5.74, 6) is 1.32. The molecule has 0 spiro atoms. The standard InChI is InChI=1S/C21H28N4O3/c1-3-25(4-2)19-7-5-16(13-22-19)14-24-21(26)17-6-8-20(23-15-17)28-18-9-11-27-12-10-18/h5-8,13,15,18H,3-4,9-12,14H2,1-2H3,(H,24,26). The smallest absolute Gasteiger partial charge is 0.253 e. The molecule has 150 valence electrons. The highest BCUT2D eigenvalue weighted by Crippen LogP contribution is 2.16. The quantitative estimate of drug-likeness (QED) is 0.754. The largest absolute Gasteiger partial charge is 0.474 e. The molecule has 3 heterocycles. The molecule has 0 unspecified atom stereocenters. The Kier molecular flexibility index (Phi) is 7.19. The second-order valence-electron chi connectivity index (χ2n) is 6.69. The van der Waals surface area contributed by atoms with Gasteiger partial charge in [-0.2, -0.15) is 0 Å². The average molecular weight is 384 g/mol. The van der Waals surface area contributed by atoms with E-state index in [-0.39, 0.29) is 12.0 Å². The average Bonchev–Trinajstić information content (AvgIpc) is 2.75. The Morgan fingerprint density at radius 1 is 1.14 bits per heavy atom. The van der Waals surface area contributed by atoms with E-state index in [1.54, 1.807) is 24.5 Å². The van der Waals surface area contributed by atoms with Crippen molar-refractivity contribution in [2.75, 3.05) is 31.2 Å². The van der Waals surface area contributed by atoms with Gasteiger partial charge >= 0.3 is 0 Å². The topological polar surface area (TPSA) is 76.6 Å². The minimum Gasteiger partial charge on any atom is -0.474 e. The van der Waals surface area contributed by atoms with Crippen LogP contribution in [0.15, 0.2) is 36.7 Å². The molecular formula is C21H28N4O3. The van der Waals surface area contributed by atoms with Gasteiger partial charge in [-0.3, -0.25) is 4.79 Å². The molecule has 1 N–H and O–H groups in total. The molecule has 0 aromatic carbocycles. The number of amides is 1. The Morgan fingerprint density at radius 2 is 1.93 bits per heavy atom. The van der Waals surface area contributed by atoms with Crippen molar-refractivity contribution in [1.29, 1.82) is 0 Å². The normalized spacial score (nSPS) is 14.5. The number of aromatic nitrogens is 2. The van der Waals surface area contributed by atoms with E-state index in [0.717, 1.165) is 50.5 Å². The third-order valence-electron chi connectivity index (χ3n) is 4.80. The molecule has 7 heteroatoms. The second-order valence-corrected chi connectivity index (χ2v) is 6.69. The van der Waals surface area contributed by atoms with Gasteiger partial charge in [0.1, 0.15) is 11.9 Å². The molecule has 1 aliphatic heterocycles. The molecule has 1 fully saturated rings. The number of carbonyl (C=O) groups is 1. The number of rotatable bonds is 8. The number of ether oxygens (including phenoxy) is 2. The Bertz CT molecular complexity index is 739. The third kappa shape index (κ3) is 5.42. The van der Waals surface area contributed by atoms with Gasteiger partial charge in [-0.05, 0) is 31.5 Å². The van der Waals surface area contributed by atoms with E-state index in [1.165, 1.54) is 0 Å². The Morgan fingerprint density at radius 3 is 2.54 bits per heavy atom. The van der Waals surface area contributed by atoms with Crippen LogP contribution in [0.25, 0.3) is 0 Å². The first-order valence-corrected chi connectivity index (χ1v) is 9.88. The fourth-order valence-electron chi connectivity index (χ4n) is 3.09. The van der Waals surface area contributed by atoms with Crippen LogP contribution in [0.3, 0.4) is 0 Å². The van der Waals surface area contributed by atoms with Gasteiger partial charge in [0.05, 0.1) is 18.8 Å². The maximum absolute atomic E-state index is 12.4. The zero-order valence-electron chi connectivity index (χ0n) is 16.6. The first-order chi connectivity index (χ1) is 13.7. The minimum absolute atomic E-state index is 0.132. The van der Waals surface area contributed by atoms with Crippen LogP contribution in [0, 0.1) is 0 Å². The van der Waals surface area contributed by atoms with Gasteiger partial charge in [0.2, 0.25) is 5.88 Å². The molecule has 0 bridgehead atoms. The predicted octanol–water partition coefficient (Wildman–Crippen LogP) is 2.81. The summed E-state index contributed by atoms with van der Waals surface area (Å²) in [7, 11) is 0. The van der Waals surface area contributed by atoms with Crippen LogP contribution in [0.2, 0.25) is 0 Å². The first-order valence-electron chi connectivity index (χ1n) is 9.88.